The van der Waals surface area contributed by atoms with Gasteiger partial charge in [-0.25, -0.2) is 14.7 Å². The maximum Gasteiger partial charge on any atom is 0.352 e. The quantitative estimate of drug-likeness (QED) is 0.409. The van der Waals surface area contributed by atoms with Gasteiger partial charge in [0.15, 0.2) is 30.0 Å². The maximum atomic E-state index is 12.4. The molecule has 0 bridgehead atoms. The Balaban J connectivity index is 1.96. The second-order valence-electron chi connectivity index (χ2n) is 6.13. The molecule has 3 heterocycles. The van der Waals surface area contributed by atoms with E-state index >= 15 is 0 Å². The van der Waals surface area contributed by atoms with Crippen LogP contribution in [-0.2, 0) is 38.1 Å². The lowest BCUT2D eigenvalue weighted by molar-refractivity contribution is -0.166. The van der Waals surface area contributed by atoms with Crippen molar-refractivity contribution >= 4 is 47.7 Å². The molecule has 0 unspecified atom stereocenters. The molecule has 0 aromatic rings. The van der Waals surface area contributed by atoms with E-state index in [9.17, 15) is 24.0 Å². The summed E-state index contributed by atoms with van der Waals surface area (Å²) >= 11 is 0. The van der Waals surface area contributed by atoms with E-state index in [2.05, 4.69) is 15.0 Å². The summed E-state index contributed by atoms with van der Waals surface area (Å²) in [6.07, 6.45) is -3.98. The predicted molar refractivity (Wildman–Crippen MR) is 92.0 cm³/mol. The number of amides is 3. The van der Waals surface area contributed by atoms with Crippen LogP contribution >= 0.6 is 0 Å². The average molecular weight is 408 g/mol. The van der Waals surface area contributed by atoms with E-state index in [0.29, 0.717) is 0 Å². The Bertz CT molecular complexity index is 878. The lowest BCUT2D eigenvalue weighted by Gasteiger charge is -2.28. The van der Waals surface area contributed by atoms with Gasteiger partial charge in [-0.05, 0) is 0 Å². The highest BCUT2D eigenvalue weighted by Gasteiger charge is 2.56. The second kappa shape index (κ2) is 7.87. The van der Waals surface area contributed by atoms with Crippen LogP contribution in [0.1, 0.15) is 20.8 Å². The molecular weight excluding hydrogens is 392 g/mol. The first-order valence-electron chi connectivity index (χ1n) is 8.39. The van der Waals surface area contributed by atoms with Gasteiger partial charge in [0.1, 0.15) is 19.0 Å². The SMILES string of the molecule is CC(=O)OC[C@H]1O[C@@H](N2C(=O)N=C3C(=O)N=CN=C32)[C@H](OC(C)=O)[C@@H]1OC(C)=O. The number of ether oxygens (including phenoxy) is 4. The summed E-state index contributed by atoms with van der Waals surface area (Å²) in [6, 6.07) is -0.908. The molecule has 3 amide bonds. The van der Waals surface area contributed by atoms with Gasteiger partial charge in [0.25, 0.3) is 0 Å². The minimum atomic E-state index is -1.35. The van der Waals surface area contributed by atoms with E-state index in [1.54, 1.807) is 0 Å². The molecule has 0 saturated carbocycles. The molecule has 3 aliphatic heterocycles. The molecule has 1 fully saturated rings. The molecule has 3 aliphatic rings. The van der Waals surface area contributed by atoms with Crippen molar-refractivity contribution < 1.29 is 42.9 Å². The number of rotatable bonds is 5. The molecule has 13 heteroatoms. The van der Waals surface area contributed by atoms with Gasteiger partial charge in [0.05, 0.1) is 0 Å². The number of hydrogen-bond acceptors (Lipinski definition) is 10. The van der Waals surface area contributed by atoms with Gasteiger partial charge < -0.3 is 18.9 Å². The highest BCUT2D eigenvalue weighted by molar-refractivity contribution is 6.71. The normalized spacial score (nSPS) is 27.9. The number of urea groups is 1. The summed E-state index contributed by atoms with van der Waals surface area (Å²) < 4.78 is 21.1. The van der Waals surface area contributed by atoms with E-state index in [0.717, 1.165) is 25.1 Å². The Labute approximate surface area is 163 Å². The molecule has 3 rings (SSSR count). The molecule has 13 nitrogen and oxygen atoms in total. The zero-order valence-electron chi connectivity index (χ0n) is 15.6. The van der Waals surface area contributed by atoms with E-state index < -0.39 is 54.4 Å². The number of carbonyl (C=O) groups excluding carboxylic acids is 5. The number of hydrogen-bond donors (Lipinski definition) is 0. The molecule has 0 N–H and O–H groups in total. The number of nitrogens with zero attached hydrogens (tertiary/aromatic N) is 4. The number of aliphatic imine (C=N–C) groups is 3. The van der Waals surface area contributed by atoms with Crippen molar-refractivity contribution in [1.82, 2.24) is 4.90 Å². The van der Waals surface area contributed by atoms with Crippen LogP contribution in [0.15, 0.2) is 15.0 Å². The smallest absolute Gasteiger partial charge is 0.352 e. The zero-order chi connectivity index (χ0) is 21.3. The minimum absolute atomic E-state index is 0.146. The molecule has 154 valence electrons. The first kappa shape index (κ1) is 20.3. The van der Waals surface area contributed by atoms with Gasteiger partial charge in [-0.3, -0.25) is 19.2 Å². The molecule has 4 atom stereocenters. The standard InChI is InChI=1S/C16H16N4O9/c1-6(21)26-4-9-11(27-7(2)22)12(28-8(3)23)15(29-9)20-13-10(19-16(20)25)14(24)18-5-17-13/h5,9,11-12,15H,4H2,1-3H3/t9-,11-,12-,15-/m1/s1. The second-order valence-corrected chi connectivity index (χ2v) is 6.13. The first-order chi connectivity index (χ1) is 13.7. The van der Waals surface area contributed by atoms with Crippen molar-refractivity contribution in [3.8, 4) is 0 Å². The van der Waals surface area contributed by atoms with Crippen LogP contribution in [0.5, 0.6) is 0 Å². The average Bonchev–Trinajstić information content (AvgIpc) is 3.11. The van der Waals surface area contributed by atoms with Crippen molar-refractivity contribution in [3.05, 3.63) is 0 Å². The molecule has 29 heavy (non-hydrogen) atoms. The van der Waals surface area contributed by atoms with E-state index in [1.807, 2.05) is 0 Å². The fourth-order valence-corrected chi connectivity index (χ4v) is 3.00. The zero-order valence-corrected chi connectivity index (χ0v) is 15.6. The van der Waals surface area contributed by atoms with Crippen molar-refractivity contribution in [2.75, 3.05) is 6.61 Å². The Morgan fingerprint density at radius 1 is 1.07 bits per heavy atom. The molecule has 0 aliphatic carbocycles. The topological polar surface area (TPSA) is 163 Å². The van der Waals surface area contributed by atoms with Crippen LogP contribution in [0, 0.1) is 0 Å². The largest absolute Gasteiger partial charge is 0.463 e. The van der Waals surface area contributed by atoms with Crippen molar-refractivity contribution in [2.45, 2.75) is 45.3 Å². The van der Waals surface area contributed by atoms with Gasteiger partial charge in [0, 0.05) is 20.8 Å². The van der Waals surface area contributed by atoms with Gasteiger partial charge in [0.2, 0.25) is 0 Å². The summed E-state index contributed by atoms with van der Waals surface area (Å²) in [7, 11) is 0. The number of fused-ring (bicyclic) bond motifs is 1. The van der Waals surface area contributed by atoms with E-state index in [4.69, 9.17) is 18.9 Å². The third-order valence-corrected chi connectivity index (χ3v) is 4.01. The van der Waals surface area contributed by atoms with Gasteiger partial charge >= 0.3 is 29.8 Å². The summed E-state index contributed by atoms with van der Waals surface area (Å²) in [5, 5.41) is 0. The fourth-order valence-electron chi connectivity index (χ4n) is 3.00. The third kappa shape index (κ3) is 4.03. The Morgan fingerprint density at radius 3 is 2.34 bits per heavy atom. The predicted octanol–water partition coefficient (Wildman–Crippen LogP) is -1.02. The highest BCUT2D eigenvalue weighted by Crippen LogP contribution is 2.32. The lowest BCUT2D eigenvalue weighted by Crippen LogP contribution is -2.51. The Hall–Kier alpha value is -3.48. The number of amidine groups is 1. The maximum absolute atomic E-state index is 12.4. The van der Waals surface area contributed by atoms with Crippen LogP contribution in [0.2, 0.25) is 0 Å². The molecule has 0 aromatic heterocycles. The summed E-state index contributed by atoms with van der Waals surface area (Å²) in [6.45, 7) is 3.07. The van der Waals surface area contributed by atoms with Crippen LogP contribution in [-0.4, -0.2) is 83.8 Å². The Kier molecular flexibility index (Phi) is 5.50. The van der Waals surface area contributed by atoms with Crippen molar-refractivity contribution in [1.29, 1.82) is 0 Å². The third-order valence-electron chi connectivity index (χ3n) is 4.01. The molecule has 1 saturated heterocycles. The van der Waals surface area contributed by atoms with Crippen LogP contribution in [0.3, 0.4) is 0 Å². The molecule has 0 spiro atoms. The highest BCUT2D eigenvalue weighted by atomic mass is 16.7. The number of carbonyl (C=O) groups is 5. The van der Waals surface area contributed by atoms with Gasteiger partial charge in [-0.15, -0.1) is 0 Å². The molecular formula is C16H16N4O9. The van der Waals surface area contributed by atoms with Crippen LogP contribution in [0.25, 0.3) is 0 Å². The van der Waals surface area contributed by atoms with Crippen LogP contribution in [0.4, 0.5) is 4.79 Å². The fraction of sp³-hybridized carbons (Fsp3) is 0.500. The summed E-state index contributed by atoms with van der Waals surface area (Å²) in [4.78, 5) is 70.5. The van der Waals surface area contributed by atoms with Crippen molar-refractivity contribution in [2.24, 2.45) is 15.0 Å². The van der Waals surface area contributed by atoms with Crippen LogP contribution < -0.4 is 0 Å². The van der Waals surface area contributed by atoms with E-state index in [-0.39, 0.29) is 18.2 Å². The Morgan fingerprint density at radius 2 is 1.72 bits per heavy atom. The monoisotopic (exact) mass is 408 g/mol. The summed E-state index contributed by atoms with van der Waals surface area (Å²) in [5.74, 6) is -3.01. The van der Waals surface area contributed by atoms with E-state index in [1.165, 1.54) is 6.92 Å². The molecule has 0 radical (unpaired) electrons. The summed E-state index contributed by atoms with van der Waals surface area (Å²) in [5.41, 5.74) is -0.296. The number of esters is 3. The lowest BCUT2D eigenvalue weighted by atomic mass is 10.1. The van der Waals surface area contributed by atoms with Crippen molar-refractivity contribution in [3.63, 3.8) is 0 Å². The molecule has 0 aromatic carbocycles. The minimum Gasteiger partial charge on any atom is -0.463 e. The van der Waals surface area contributed by atoms with Gasteiger partial charge in [-0.2, -0.15) is 9.98 Å². The first-order valence-corrected chi connectivity index (χ1v) is 8.39. The van der Waals surface area contributed by atoms with Gasteiger partial charge in [-0.1, -0.05) is 0 Å².